The summed E-state index contributed by atoms with van der Waals surface area (Å²) in [5, 5.41) is 10.1. The number of ether oxygens (including phenoxy) is 3. The van der Waals surface area contributed by atoms with Gasteiger partial charge in [0, 0.05) is 12.1 Å². The van der Waals surface area contributed by atoms with Crippen molar-refractivity contribution in [2.24, 2.45) is 0 Å². The maximum absolute atomic E-state index is 11.5. The van der Waals surface area contributed by atoms with Gasteiger partial charge in [0.25, 0.3) is 5.78 Å². The zero-order chi connectivity index (χ0) is 16.7. The van der Waals surface area contributed by atoms with Crippen LogP contribution < -0.4 is 9.47 Å². The molecule has 1 rings (SSSR count). The van der Waals surface area contributed by atoms with E-state index in [9.17, 15) is 14.7 Å². The van der Waals surface area contributed by atoms with Crippen LogP contribution in [0.2, 0.25) is 0 Å². The Morgan fingerprint density at radius 3 is 2.32 bits per heavy atom. The molecule has 1 aromatic carbocycles. The number of aliphatic hydroxyl groups excluding tert-OH is 1. The summed E-state index contributed by atoms with van der Waals surface area (Å²) < 4.78 is 15.7. The number of hydrogen-bond acceptors (Lipinski definition) is 6. The molecule has 0 aliphatic rings. The van der Waals surface area contributed by atoms with Gasteiger partial charge >= 0.3 is 5.97 Å². The number of ketones is 1. The van der Waals surface area contributed by atoms with Crippen molar-refractivity contribution in [3.05, 3.63) is 28.2 Å². The van der Waals surface area contributed by atoms with Crippen molar-refractivity contribution in [2.75, 3.05) is 20.3 Å². The predicted molar refractivity (Wildman–Crippen MR) is 84.1 cm³/mol. The Balaban J connectivity index is 3.26. The van der Waals surface area contributed by atoms with Crippen molar-refractivity contribution >= 4 is 33.4 Å². The Morgan fingerprint density at radius 2 is 1.77 bits per heavy atom. The highest BCUT2D eigenvalue weighted by atomic mass is 79.9. The average molecular weight is 373 g/mol. The minimum absolute atomic E-state index is 0.259. The maximum atomic E-state index is 11.5. The van der Waals surface area contributed by atoms with Crippen molar-refractivity contribution < 1.29 is 28.9 Å². The molecule has 0 bridgehead atoms. The number of rotatable bonds is 7. The van der Waals surface area contributed by atoms with Gasteiger partial charge in [-0.05, 0) is 35.8 Å². The topological polar surface area (TPSA) is 82.1 Å². The lowest BCUT2D eigenvalue weighted by atomic mass is 10.1. The Morgan fingerprint density at radius 1 is 1.18 bits per heavy atom. The Kier molecular flexibility index (Phi) is 6.91. The first-order valence-corrected chi connectivity index (χ1v) is 7.36. The lowest BCUT2D eigenvalue weighted by Gasteiger charge is -2.13. The quantitative estimate of drug-likeness (QED) is 0.343. The van der Waals surface area contributed by atoms with Crippen LogP contribution in [0, 0.1) is 0 Å². The van der Waals surface area contributed by atoms with Gasteiger partial charge in [-0.1, -0.05) is 0 Å². The number of carbonyl (C=O) groups is 2. The number of esters is 1. The van der Waals surface area contributed by atoms with E-state index in [1.165, 1.54) is 0 Å². The van der Waals surface area contributed by atoms with Crippen LogP contribution in [0.1, 0.15) is 19.4 Å². The molecule has 0 heterocycles. The third-order valence-corrected chi connectivity index (χ3v) is 3.18. The van der Waals surface area contributed by atoms with E-state index in [4.69, 9.17) is 9.47 Å². The minimum Gasteiger partial charge on any atom is -0.507 e. The zero-order valence-corrected chi connectivity index (χ0v) is 14.1. The molecule has 120 valence electrons. The number of methoxy groups -OCH3 is 1. The predicted octanol–water partition coefficient (Wildman–Crippen LogP) is 2.89. The molecule has 0 saturated carbocycles. The lowest BCUT2D eigenvalue weighted by molar-refractivity contribution is -0.149. The first-order valence-electron chi connectivity index (χ1n) is 6.57. The summed E-state index contributed by atoms with van der Waals surface area (Å²) in [6.45, 7) is 4.45. The van der Waals surface area contributed by atoms with Crippen molar-refractivity contribution in [1.29, 1.82) is 0 Å². The van der Waals surface area contributed by atoms with E-state index in [0.717, 1.165) is 13.2 Å². The van der Waals surface area contributed by atoms with Crippen LogP contribution in [-0.4, -0.2) is 37.2 Å². The van der Waals surface area contributed by atoms with Gasteiger partial charge in [0.05, 0.1) is 30.4 Å². The molecule has 7 heteroatoms. The summed E-state index contributed by atoms with van der Waals surface area (Å²) in [6.07, 6.45) is 0.788. The third kappa shape index (κ3) is 4.49. The van der Waals surface area contributed by atoms with Crippen LogP contribution >= 0.6 is 15.9 Å². The highest BCUT2D eigenvalue weighted by molar-refractivity contribution is 9.10. The molecular formula is C15H17BrO6. The molecular weight excluding hydrogens is 356 g/mol. The Hall–Kier alpha value is -2.02. The van der Waals surface area contributed by atoms with Crippen molar-refractivity contribution in [3.8, 4) is 11.5 Å². The summed E-state index contributed by atoms with van der Waals surface area (Å²) in [5.41, 5.74) is 0.259. The van der Waals surface area contributed by atoms with Crippen molar-refractivity contribution in [3.63, 3.8) is 0 Å². The minimum atomic E-state index is -1.06. The summed E-state index contributed by atoms with van der Waals surface area (Å²) in [4.78, 5) is 22.6. The number of halogens is 1. The molecule has 1 aromatic rings. The van der Waals surface area contributed by atoms with Gasteiger partial charge in [-0.2, -0.15) is 0 Å². The van der Waals surface area contributed by atoms with Crippen molar-refractivity contribution in [2.45, 2.75) is 13.8 Å². The zero-order valence-electron chi connectivity index (χ0n) is 12.5. The van der Waals surface area contributed by atoms with Gasteiger partial charge in [0.2, 0.25) is 0 Å². The van der Waals surface area contributed by atoms with E-state index in [1.54, 1.807) is 19.1 Å². The van der Waals surface area contributed by atoms with Crippen LogP contribution in [-0.2, 0) is 14.3 Å². The van der Waals surface area contributed by atoms with E-state index < -0.39 is 17.5 Å². The molecule has 0 aliphatic carbocycles. The van der Waals surface area contributed by atoms with Crippen LogP contribution in [0.15, 0.2) is 22.7 Å². The molecule has 0 amide bonds. The first kappa shape index (κ1) is 18.0. The molecule has 0 atom stereocenters. The van der Waals surface area contributed by atoms with E-state index in [2.05, 4.69) is 20.7 Å². The van der Waals surface area contributed by atoms with Crippen LogP contribution in [0.4, 0.5) is 0 Å². The van der Waals surface area contributed by atoms with Crippen LogP contribution in [0.5, 0.6) is 11.5 Å². The van der Waals surface area contributed by atoms with E-state index in [1.807, 2.05) is 6.92 Å². The molecule has 6 nitrogen and oxygen atoms in total. The molecule has 22 heavy (non-hydrogen) atoms. The van der Waals surface area contributed by atoms with Crippen molar-refractivity contribution in [1.82, 2.24) is 0 Å². The van der Waals surface area contributed by atoms with Gasteiger partial charge in [-0.25, -0.2) is 4.79 Å². The second-order valence-corrected chi connectivity index (χ2v) is 4.88. The van der Waals surface area contributed by atoms with Crippen LogP contribution in [0.25, 0.3) is 5.76 Å². The molecule has 0 aliphatic heterocycles. The first-order chi connectivity index (χ1) is 10.4. The summed E-state index contributed by atoms with van der Waals surface area (Å²) in [5.74, 6) is -1.55. The summed E-state index contributed by atoms with van der Waals surface area (Å²) in [7, 11) is 1.09. The van der Waals surface area contributed by atoms with Gasteiger partial charge in [0.1, 0.15) is 17.3 Å². The monoisotopic (exact) mass is 372 g/mol. The fraction of sp³-hybridized carbons (Fsp3) is 0.333. The fourth-order valence-corrected chi connectivity index (χ4v) is 2.10. The second-order valence-electron chi connectivity index (χ2n) is 4.03. The maximum Gasteiger partial charge on any atom is 0.378 e. The highest BCUT2D eigenvalue weighted by Gasteiger charge is 2.17. The molecule has 0 aromatic heterocycles. The standard InChI is InChI=1S/C15H17BrO6/c1-4-21-13-8-14(22-5-2)10(16)6-9(13)11(17)7-12(18)15(19)20-3/h6-8,17H,4-5H2,1-3H3/b11-7-. The smallest absolute Gasteiger partial charge is 0.378 e. The van der Waals surface area contributed by atoms with E-state index in [-0.39, 0.29) is 5.56 Å². The number of hydrogen-bond donors (Lipinski definition) is 1. The van der Waals surface area contributed by atoms with Gasteiger partial charge < -0.3 is 19.3 Å². The highest BCUT2D eigenvalue weighted by Crippen LogP contribution is 2.36. The number of carbonyl (C=O) groups excluding carboxylic acids is 2. The van der Waals surface area contributed by atoms with Crippen LogP contribution in [0.3, 0.4) is 0 Å². The van der Waals surface area contributed by atoms with Gasteiger partial charge in [0.15, 0.2) is 0 Å². The largest absolute Gasteiger partial charge is 0.507 e. The number of benzene rings is 1. The second kappa shape index (κ2) is 8.43. The van der Waals surface area contributed by atoms with Gasteiger partial charge in [-0.3, -0.25) is 4.79 Å². The molecule has 0 spiro atoms. The Bertz CT molecular complexity index is 594. The molecule has 1 N–H and O–H groups in total. The molecule has 0 unspecified atom stereocenters. The number of aliphatic hydroxyl groups is 1. The van der Waals surface area contributed by atoms with Gasteiger partial charge in [-0.15, -0.1) is 0 Å². The normalized spacial score (nSPS) is 11.0. The van der Waals surface area contributed by atoms with E-state index in [0.29, 0.717) is 29.2 Å². The summed E-state index contributed by atoms with van der Waals surface area (Å²) >= 11 is 3.32. The SMILES string of the molecule is CCOc1cc(OCC)c(/C(O)=C/C(=O)C(=O)OC)cc1Br. The van der Waals surface area contributed by atoms with E-state index >= 15 is 0 Å². The summed E-state index contributed by atoms with van der Waals surface area (Å²) in [6, 6.07) is 3.14. The average Bonchev–Trinajstić information content (AvgIpc) is 2.49. The molecule has 0 fully saturated rings. The fourth-order valence-electron chi connectivity index (χ4n) is 1.64. The molecule has 0 saturated heterocycles. The third-order valence-electron chi connectivity index (χ3n) is 2.56. The Labute approximate surface area is 136 Å². The molecule has 0 radical (unpaired) electrons. The lowest BCUT2D eigenvalue weighted by Crippen LogP contribution is -2.13.